The molecule has 0 spiro atoms. The Morgan fingerprint density at radius 1 is 0.600 bits per heavy atom. The first kappa shape index (κ1) is 19.7. The van der Waals surface area contributed by atoms with Gasteiger partial charge in [0.2, 0.25) is 0 Å². The molecule has 0 aliphatic carbocycles. The maximum atomic E-state index is 4.79. The van der Waals surface area contributed by atoms with Gasteiger partial charge in [0.05, 0.1) is 11.4 Å². The van der Waals surface area contributed by atoms with Crippen LogP contribution < -0.4 is 4.90 Å². The quantitative estimate of drug-likeness (QED) is 0.266. The Bertz CT molecular complexity index is 1180. The molecule has 0 aliphatic heterocycles. The van der Waals surface area contributed by atoms with Gasteiger partial charge in [-0.25, -0.2) is 0 Å². The molecule has 2 nitrogen and oxygen atoms in total. The second kappa shape index (κ2) is 8.79. The van der Waals surface area contributed by atoms with Gasteiger partial charge in [0.15, 0.2) is 0 Å². The van der Waals surface area contributed by atoms with Gasteiger partial charge >= 0.3 is 0 Å². The average molecular weight is 391 g/mol. The number of rotatable bonds is 4. The van der Waals surface area contributed by atoms with E-state index in [1.165, 1.54) is 22.3 Å². The van der Waals surface area contributed by atoms with Gasteiger partial charge < -0.3 is 0 Å². The molecule has 0 unspecified atom stereocenters. The van der Waals surface area contributed by atoms with Gasteiger partial charge in [-0.15, -0.1) is 0 Å². The summed E-state index contributed by atoms with van der Waals surface area (Å²) in [7, 11) is 1.87. The first-order valence-electron chi connectivity index (χ1n) is 10.2. The largest absolute Gasteiger partial charge is 0.294 e. The van der Waals surface area contributed by atoms with Crippen molar-refractivity contribution in [3.05, 3.63) is 120 Å². The van der Waals surface area contributed by atoms with Crippen LogP contribution in [0.15, 0.2) is 108 Å². The lowest BCUT2D eigenvalue weighted by Crippen LogP contribution is -2.29. The Morgan fingerprint density at radius 2 is 1.17 bits per heavy atom. The molecule has 0 bridgehead atoms. The van der Waals surface area contributed by atoms with Gasteiger partial charge in [-0.3, -0.25) is 9.89 Å². The van der Waals surface area contributed by atoms with Crippen molar-refractivity contribution in [2.24, 2.45) is 4.99 Å². The highest BCUT2D eigenvalue weighted by molar-refractivity contribution is 6.16. The molecule has 148 valence electrons. The molecule has 0 radical (unpaired) electrons. The Hall–Kier alpha value is -3.65. The molecule has 0 fully saturated rings. The summed E-state index contributed by atoms with van der Waals surface area (Å²) < 4.78 is 0. The van der Waals surface area contributed by atoms with Crippen LogP contribution in [0.2, 0.25) is 0 Å². The van der Waals surface area contributed by atoms with Crippen molar-refractivity contribution >= 4 is 17.2 Å². The van der Waals surface area contributed by atoms with Crippen molar-refractivity contribution in [3.63, 3.8) is 0 Å². The van der Waals surface area contributed by atoms with E-state index in [1.54, 1.807) is 0 Å². The Balaban J connectivity index is 2.00. The van der Waals surface area contributed by atoms with Crippen LogP contribution in [0.3, 0.4) is 0 Å². The summed E-state index contributed by atoms with van der Waals surface area (Å²) in [5, 5.41) is 0. The highest BCUT2D eigenvalue weighted by atomic mass is 15.2. The van der Waals surface area contributed by atoms with Gasteiger partial charge in [0.25, 0.3) is 0 Å². The maximum Gasteiger partial charge on any atom is 0.140 e. The normalized spacial score (nSPS) is 11.4. The van der Waals surface area contributed by atoms with Crippen LogP contribution in [0.1, 0.15) is 16.7 Å². The van der Waals surface area contributed by atoms with Crippen LogP contribution in [0.4, 0.5) is 11.4 Å². The number of para-hydroxylation sites is 2. The van der Waals surface area contributed by atoms with Gasteiger partial charge in [0.1, 0.15) is 5.84 Å². The molecule has 4 aromatic carbocycles. The summed E-state index contributed by atoms with van der Waals surface area (Å²) >= 11 is 0. The van der Waals surface area contributed by atoms with Crippen LogP contribution in [-0.2, 0) is 0 Å². The zero-order valence-electron chi connectivity index (χ0n) is 17.7. The smallest absolute Gasteiger partial charge is 0.140 e. The lowest BCUT2D eigenvalue weighted by atomic mass is 10.00. The van der Waals surface area contributed by atoms with Gasteiger partial charge in [-0.05, 0) is 42.7 Å². The fraction of sp³-hybridized carbons (Fsp3) is 0.107. The number of hydrogen-bond donors (Lipinski definition) is 0. The number of aryl methyl sites for hydroxylation is 2. The molecular formula is C28H26N2. The SMILES string of the molecule is CN=C(c1ccccc1C)N(c1ccccc1C)c1ccccc1-c1ccccc1. The van der Waals surface area contributed by atoms with Gasteiger partial charge in [0, 0.05) is 18.2 Å². The standard InChI is InChI=1S/C28H26N2/c1-21-13-7-9-17-24(21)28(29-3)30(26-19-11-8-14-22(26)2)27-20-12-10-18-25(27)23-15-5-4-6-16-23/h4-20H,1-3H3. The fourth-order valence-electron chi connectivity index (χ4n) is 3.87. The van der Waals surface area contributed by atoms with E-state index in [0.29, 0.717) is 0 Å². The number of anilines is 2. The third-order valence-corrected chi connectivity index (χ3v) is 5.40. The maximum absolute atomic E-state index is 4.79. The number of benzene rings is 4. The number of amidine groups is 1. The third kappa shape index (κ3) is 3.77. The number of nitrogens with zero attached hydrogens (tertiary/aromatic N) is 2. The summed E-state index contributed by atoms with van der Waals surface area (Å²) in [4.78, 5) is 7.08. The molecule has 4 aromatic rings. The summed E-state index contributed by atoms with van der Waals surface area (Å²) in [6.45, 7) is 4.29. The second-order valence-electron chi connectivity index (χ2n) is 7.37. The molecule has 0 atom stereocenters. The van der Waals surface area contributed by atoms with E-state index in [2.05, 4.69) is 122 Å². The van der Waals surface area contributed by atoms with Crippen LogP contribution in [0, 0.1) is 13.8 Å². The molecule has 0 saturated heterocycles. The number of aliphatic imine (C=N–C) groups is 1. The molecule has 2 heteroatoms. The first-order valence-corrected chi connectivity index (χ1v) is 10.2. The highest BCUT2D eigenvalue weighted by Gasteiger charge is 2.22. The first-order chi connectivity index (χ1) is 14.7. The molecule has 0 saturated carbocycles. The molecule has 0 heterocycles. The summed E-state index contributed by atoms with van der Waals surface area (Å²) in [6.07, 6.45) is 0. The topological polar surface area (TPSA) is 15.6 Å². The fourth-order valence-corrected chi connectivity index (χ4v) is 3.87. The molecular weight excluding hydrogens is 364 g/mol. The summed E-state index contributed by atoms with van der Waals surface area (Å²) in [5.41, 5.74) is 8.14. The van der Waals surface area contributed by atoms with Crippen LogP contribution >= 0.6 is 0 Å². The van der Waals surface area contributed by atoms with Crippen LogP contribution in [-0.4, -0.2) is 12.9 Å². The lowest BCUT2D eigenvalue weighted by molar-refractivity contribution is 1.25. The lowest BCUT2D eigenvalue weighted by Gasteiger charge is -2.30. The van der Waals surface area contributed by atoms with Crippen molar-refractivity contribution in [3.8, 4) is 11.1 Å². The minimum atomic E-state index is 0.936. The van der Waals surface area contributed by atoms with Crippen molar-refractivity contribution in [2.75, 3.05) is 11.9 Å². The summed E-state index contributed by atoms with van der Waals surface area (Å²) in [5.74, 6) is 0.936. The molecule has 30 heavy (non-hydrogen) atoms. The van der Waals surface area contributed by atoms with E-state index in [-0.39, 0.29) is 0 Å². The zero-order valence-corrected chi connectivity index (χ0v) is 17.7. The molecule has 0 aromatic heterocycles. The van der Waals surface area contributed by atoms with Crippen LogP contribution in [0.5, 0.6) is 0 Å². The Kier molecular flexibility index (Phi) is 5.76. The average Bonchev–Trinajstić information content (AvgIpc) is 2.79. The predicted molar refractivity (Wildman–Crippen MR) is 129 cm³/mol. The molecule has 0 amide bonds. The number of hydrogen-bond acceptors (Lipinski definition) is 1. The zero-order chi connectivity index (χ0) is 20.9. The minimum absolute atomic E-state index is 0.936. The van der Waals surface area contributed by atoms with Crippen LogP contribution in [0.25, 0.3) is 11.1 Å². The van der Waals surface area contributed by atoms with Gasteiger partial charge in [-0.2, -0.15) is 0 Å². The van der Waals surface area contributed by atoms with E-state index in [4.69, 9.17) is 4.99 Å². The van der Waals surface area contributed by atoms with E-state index in [1.807, 2.05) is 7.05 Å². The minimum Gasteiger partial charge on any atom is -0.294 e. The predicted octanol–water partition coefficient (Wildman–Crippen LogP) is 7.19. The summed E-state index contributed by atoms with van der Waals surface area (Å²) in [6, 6.07) is 36.0. The van der Waals surface area contributed by atoms with Crippen molar-refractivity contribution < 1.29 is 0 Å². The van der Waals surface area contributed by atoms with Crippen molar-refractivity contribution in [1.82, 2.24) is 0 Å². The third-order valence-electron chi connectivity index (χ3n) is 5.40. The molecule has 4 rings (SSSR count). The van der Waals surface area contributed by atoms with E-state index in [9.17, 15) is 0 Å². The second-order valence-corrected chi connectivity index (χ2v) is 7.37. The van der Waals surface area contributed by atoms with Gasteiger partial charge in [-0.1, -0.05) is 91.0 Å². The van der Waals surface area contributed by atoms with E-state index < -0.39 is 0 Å². The Morgan fingerprint density at radius 3 is 1.83 bits per heavy atom. The monoisotopic (exact) mass is 390 g/mol. The Labute approximate surface area is 179 Å². The van der Waals surface area contributed by atoms with E-state index >= 15 is 0 Å². The molecule has 0 N–H and O–H groups in total. The highest BCUT2D eigenvalue weighted by Crippen LogP contribution is 2.38. The van der Waals surface area contributed by atoms with Crippen molar-refractivity contribution in [2.45, 2.75) is 13.8 Å². The molecule has 0 aliphatic rings. The van der Waals surface area contributed by atoms with Crippen molar-refractivity contribution in [1.29, 1.82) is 0 Å². The van der Waals surface area contributed by atoms with E-state index in [0.717, 1.165) is 22.8 Å².